The monoisotopic (exact) mass is 461 g/mol. The molecular weight excluding hydrogens is 434 g/mol. The molecular formula is C22H27N3O6S. The summed E-state index contributed by atoms with van der Waals surface area (Å²) in [7, 11) is -3.19. The van der Waals surface area contributed by atoms with Crippen molar-refractivity contribution in [3.05, 3.63) is 36.1 Å². The first-order chi connectivity index (χ1) is 15.0. The van der Waals surface area contributed by atoms with Crippen LogP contribution in [0.1, 0.15) is 33.0 Å². The first-order valence-corrected chi connectivity index (χ1v) is 12.5. The summed E-state index contributed by atoms with van der Waals surface area (Å²) in [5.74, 6) is -0.703. The number of imide groups is 1. The summed E-state index contributed by atoms with van der Waals surface area (Å²) < 4.78 is 29.7. The molecule has 0 spiro atoms. The largest absolute Gasteiger partial charge is 0.458 e. The molecule has 0 bridgehead atoms. The lowest BCUT2D eigenvalue weighted by Gasteiger charge is -2.31. The number of nitrogens with one attached hydrogen (secondary N) is 1. The Balaban J connectivity index is 1.56. The number of amides is 4. The Morgan fingerprint density at radius 1 is 1.31 bits per heavy atom. The number of para-hydroxylation sites is 1. The standard InChI is InChI=1S/C22H27N3O6S/c1-14(2)11-24(16-8-9-32(29,30)13-16)19(26)12-25-20(27)22(3,23-21(25)28)18-10-15-6-4-5-7-17(15)31-18/h4-7,10,14,16H,8-9,11-13H2,1-3H3,(H,23,28)/t16-,22-/m1/s1. The first kappa shape index (κ1) is 22.3. The van der Waals surface area contributed by atoms with E-state index in [-0.39, 0.29) is 23.2 Å². The molecule has 4 amide bonds. The van der Waals surface area contributed by atoms with Crippen molar-refractivity contribution in [3.63, 3.8) is 0 Å². The fraction of sp³-hybridized carbons (Fsp3) is 0.500. The summed E-state index contributed by atoms with van der Waals surface area (Å²) in [5.41, 5.74) is -0.846. The van der Waals surface area contributed by atoms with Gasteiger partial charge in [-0.25, -0.2) is 13.2 Å². The van der Waals surface area contributed by atoms with Gasteiger partial charge in [-0.2, -0.15) is 0 Å². The highest BCUT2D eigenvalue weighted by atomic mass is 32.2. The summed E-state index contributed by atoms with van der Waals surface area (Å²) in [5, 5.41) is 3.45. The van der Waals surface area contributed by atoms with Crippen LogP contribution in [0.5, 0.6) is 0 Å². The van der Waals surface area contributed by atoms with Crippen LogP contribution < -0.4 is 5.32 Å². The first-order valence-electron chi connectivity index (χ1n) is 10.6. The van der Waals surface area contributed by atoms with E-state index in [1.165, 1.54) is 4.90 Å². The zero-order chi connectivity index (χ0) is 23.3. The van der Waals surface area contributed by atoms with Crippen LogP contribution >= 0.6 is 0 Å². The second-order valence-electron chi connectivity index (χ2n) is 9.09. The van der Waals surface area contributed by atoms with E-state index in [1.807, 2.05) is 32.0 Å². The van der Waals surface area contributed by atoms with Gasteiger partial charge in [0.1, 0.15) is 17.9 Å². The molecule has 1 N–H and O–H groups in total. The van der Waals surface area contributed by atoms with Gasteiger partial charge in [0.05, 0.1) is 11.5 Å². The minimum Gasteiger partial charge on any atom is -0.458 e. The number of furan rings is 1. The average Bonchev–Trinajstić information content (AvgIpc) is 3.37. The van der Waals surface area contributed by atoms with Gasteiger partial charge in [-0.05, 0) is 31.4 Å². The van der Waals surface area contributed by atoms with E-state index in [1.54, 1.807) is 19.1 Å². The van der Waals surface area contributed by atoms with Gasteiger partial charge in [-0.3, -0.25) is 14.5 Å². The number of hydrogen-bond acceptors (Lipinski definition) is 6. The van der Waals surface area contributed by atoms with Crippen molar-refractivity contribution < 1.29 is 27.2 Å². The maximum absolute atomic E-state index is 13.2. The molecule has 2 fully saturated rings. The van der Waals surface area contributed by atoms with E-state index >= 15 is 0 Å². The summed E-state index contributed by atoms with van der Waals surface area (Å²) >= 11 is 0. The Bertz CT molecular complexity index is 1150. The van der Waals surface area contributed by atoms with Gasteiger partial charge in [0.2, 0.25) is 5.91 Å². The molecule has 2 aliphatic heterocycles. The van der Waals surface area contributed by atoms with Crippen LogP contribution in [0.15, 0.2) is 34.7 Å². The number of carbonyl (C=O) groups is 3. The topological polar surface area (TPSA) is 117 Å². The van der Waals surface area contributed by atoms with E-state index in [4.69, 9.17) is 4.42 Å². The van der Waals surface area contributed by atoms with Crippen molar-refractivity contribution >= 4 is 38.7 Å². The number of fused-ring (bicyclic) bond motifs is 1. The molecule has 0 radical (unpaired) electrons. The molecule has 3 heterocycles. The normalized spacial score (nSPS) is 25.0. The third-order valence-electron chi connectivity index (χ3n) is 6.02. The van der Waals surface area contributed by atoms with Crippen molar-refractivity contribution in [1.82, 2.24) is 15.1 Å². The van der Waals surface area contributed by atoms with Crippen molar-refractivity contribution in [2.75, 3.05) is 24.6 Å². The minimum absolute atomic E-state index is 0.0345. The fourth-order valence-electron chi connectivity index (χ4n) is 4.33. The van der Waals surface area contributed by atoms with Gasteiger partial charge in [0, 0.05) is 18.0 Å². The molecule has 0 aliphatic carbocycles. The van der Waals surface area contributed by atoms with Crippen molar-refractivity contribution in [2.24, 2.45) is 5.92 Å². The number of carbonyl (C=O) groups excluding carboxylic acids is 3. The number of nitrogens with zero attached hydrogens (tertiary/aromatic N) is 2. The molecule has 2 saturated heterocycles. The smallest absolute Gasteiger partial charge is 0.325 e. The van der Waals surface area contributed by atoms with Gasteiger partial charge in [0.25, 0.3) is 5.91 Å². The van der Waals surface area contributed by atoms with Crippen LogP contribution in [0.3, 0.4) is 0 Å². The Kier molecular flexibility index (Phi) is 5.52. The average molecular weight is 462 g/mol. The quantitative estimate of drug-likeness (QED) is 0.657. The van der Waals surface area contributed by atoms with Crippen molar-refractivity contribution in [2.45, 2.75) is 38.8 Å². The Hall–Kier alpha value is -2.88. The van der Waals surface area contributed by atoms with Crippen LogP contribution in [0.25, 0.3) is 11.0 Å². The van der Waals surface area contributed by atoms with Crippen LogP contribution in [-0.4, -0.2) is 66.7 Å². The van der Waals surface area contributed by atoms with E-state index in [9.17, 15) is 22.8 Å². The second-order valence-corrected chi connectivity index (χ2v) is 11.3. The van der Waals surface area contributed by atoms with E-state index < -0.39 is 45.8 Å². The predicted octanol–water partition coefficient (Wildman–Crippen LogP) is 1.87. The van der Waals surface area contributed by atoms with Crippen LogP contribution in [-0.2, 0) is 25.0 Å². The van der Waals surface area contributed by atoms with Gasteiger partial charge in [-0.1, -0.05) is 32.0 Å². The van der Waals surface area contributed by atoms with Crippen LogP contribution in [0, 0.1) is 5.92 Å². The van der Waals surface area contributed by atoms with Gasteiger partial charge in [0.15, 0.2) is 15.4 Å². The summed E-state index contributed by atoms with van der Waals surface area (Å²) in [6, 6.07) is 7.83. The highest BCUT2D eigenvalue weighted by molar-refractivity contribution is 7.91. The molecule has 2 aromatic rings. The van der Waals surface area contributed by atoms with Crippen LogP contribution in [0.4, 0.5) is 4.79 Å². The van der Waals surface area contributed by atoms with E-state index in [0.29, 0.717) is 18.5 Å². The SMILES string of the molecule is CC(C)CN(C(=O)CN1C(=O)N[C@](C)(c2cc3ccccc3o2)C1=O)[C@@H]1CCS(=O)(=O)C1. The lowest BCUT2D eigenvalue weighted by Crippen LogP contribution is -2.49. The highest BCUT2D eigenvalue weighted by Gasteiger charge is 2.52. The third kappa shape index (κ3) is 3.99. The molecule has 172 valence electrons. The number of benzene rings is 1. The summed E-state index contributed by atoms with van der Waals surface area (Å²) in [6.45, 7) is 5.30. The Morgan fingerprint density at radius 2 is 2.03 bits per heavy atom. The molecule has 32 heavy (non-hydrogen) atoms. The van der Waals surface area contributed by atoms with Crippen molar-refractivity contribution in [3.8, 4) is 0 Å². The lowest BCUT2D eigenvalue weighted by molar-refractivity contribution is -0.140. The molecule has 2 atom stereocenters. The zero-order valence-electron chi connectivity index (χ0n) is 18.3. The molecule has 4 rings (SSSR count). The van der Waals surface area contributed by atoms with E-state index in [2.05, 4.69) is 5.32 Å². The van der Waals surface area contributed by atoms with Crippen LogP contribution in [0.2, 0.25) is 0 Å². The lowest BCUT2D eigenvalue weighted by atomic mass is 9.99. The summed E-state index contributed by atoms with van der Waals surface area (Å²) in [6.07, 6.45) is 0.359. The molecule has 1 aromatic carbocycles. The second kappa shape index (κ2) is 7.91. The Morgan fingerprint density at radius 3 is 2.66 bits per heavy atom. The fourth-order valence-corrected chi connectivity index (χ4v) is 6.06. The zero-order valence-corrected chi connectivity index (χ0v) is 19.1. The number of urea groups is 1. The molecule has 2 aliphatic rings. The maximum Gasteiger partial charge on any atom is 0.325 e. The maximum atomic E-state index is 13.2. The number of rotatable bonds is 6. The number of hydrogen-bond donors (Lipinski definition) is 1. The molecule has 1 aromatic heterocycles. The van der Waals surface area contributed by atoms with Crippen molar-refractivity contribution in [1.29, 1.82) is 0 Å². The summed E-state index contributed by atoms with van der Waals surface area (Å²) in [4.78, 5) is 41.4. The predicted molar refractivity (Wildman–Crippen MR) is 117 cm³/mol. The minimum atomic E-state index is -3.19. The van der Waals surface area contributed by atoms with Gasteiger partial charge >= 0.3 is 6.03 Å². The van der Waals surface area contributed by atoms with Gasteiger partial charge < -0.3 is 14.6 Å². The molecule has 10 heteroatoms. The highest BCUT2D eigenvalue weighted by Crippen LogP contribution is 2.33. The van der Waals surface area contributed by atoms with E-state index in [0.717, 1.165) is 10.3 Å². The molecule has 9 nitrogen and oxygen atoms in total. The molecule has 0 saturated carbocycles. The Labute approximate surface area is 186 Å². The number of sulfone groups is 1. The third-order valence-corrected chi connectivity index (χ3v) is 7.77. The molecule has 0 unspecified atom stereocenters. The van der Waals surface area contributed by atoms with Gasteiger partial charge in [-0.15, -0.1) is 0 Å².